The Kier molecular flexibility index (Phi) is 5.58. The smallest absolute Gasteiger partial charge is 0.279 e. The number of hydrogen-bond donors (Lipinski definition) is 0. The summed E-state index contributed by atoms with van der Waals surface area (Å²) in [4.78, 5) is 34.7. The van der Waals surface area contributed by atoms with Crippen molar-refractivity contribution < 1.29 is 9.59 Å². The van der Waals surface area contributed by atoms with Crippen molar-refractivity contribution in [3.05, 3.63) is 41.9 Å². The highest BCUT2D eigenvalue weighted by atomic mass is 16.1. The van der Waals surface area contributed by atoms with E-state index >= 15 is 0 Å². The summed E-state index contributed by atoms with van der Waals surface area (Å²) in [5, 5.41) is 0. The highest BCUT2D eigenvalue weighted by Crippen LogP contribution is 2.06. The SMILES string of the molecule is CN(C)/C=C/C(=O)c1cncc(C(=O)/N=C/N(C)C)c1. The topological polar surface area (TPSA) is 65.9 Å². The van der Waals surface area contributed by atoms with Crippen LogP contribution in [-0.2, 0) is 0 Å². The third-order valence-electron chi connectivity index (χ3n) is 2.20. The van der Waals surface area contributed by atoms with Crippen LogP contribution in [0.25, 0.3) is 0 Å². The van der Waals surface area contributed by atoms with Gasteiger partial charge in [0.25, 0.3) is 5.91 Å². The maximum absolute atomic E-state index is 11.9. The number of pyridine rings is 1. The van der Waals surface area contributed by atoms with Gasteiger partial charge in [0, 0.05) is 58.4 Å². The molecule has 106 valence electrons. The summed E-state index contributed by atoms with van der Waals surface area (Å²) in [6.45, 7) is 0. The average Bonchev–Trinajstić information content (AvgIpc) is 2.42. The van der Waals surface area contributed by atoms with Gasteiger partial charge < -0.3 is 9.80 Å². The summed E-state index contributed by atoms with van der Waals surface area (Å²) in [6.07, 6.45) is 7.29. The van der Waals surface area contributed by atoms with Crippen molar-refractivity contribution in [3.63, 3.8) is 0 Å². The van der Waals surface area contributed by atoms with Gasteiger partial charge in [0.1, 0.15) is 0 Å². The molecule has 0 aromatic carbocycles. The minimum Gasteiger partial charge on any atom is -0.383 e. The number of aromatic nitrogens is 1. The Morgan fingerprint density at radius 2 is 1.75 bits per heavy atom. The number of nitrogens with zero attached hydrogens (tertiary/aromatic N) is 4. The molecule has 0 N–H and O–H groups in total. The van der Waals surface area contributed by atoms with Crippen LogP contribution < -0.4 is 0 Å². The van der Waals surface area contributed by atoms with Gasteiger partial charge in [-0.3, -0.25) is 14.6 Å². The number of hydrogen-bond acceptors (Lipinski definition) is 4. The molecule has 0 aliphatic heterocycles. The fraction of sp³-hybridized carbons (Fsp3) is 0.286. The summed E-state index contributed by atoms with van der Waals surface area (Å²) in [5.74, 6) is -0.644. The highest BCUT2D eigenvalue weighted by molar-refractivity contribution is 6.06. The molecule has 0 spiro atoms. The molecule has 6 heteroatoms. The molecule has 20 heavy (non-hydrogen) atoms. The van der Waals surface area contributed by atoms with E-state index in [1.165, 1.54) is 30.9 Å². The minimum atomic E-state index is -0.433. The molecular weight excluding hydrogens is 256 g/mol. The summed E-state index contributed by atoms with van der Waals surface area (Å²) < 4.78 is 0. The fourth-order valence-electron chi connectivity index (χ4n) is 1.25. The van der Waals surface area contributed by atoms with Crippen LogP contribution in [0.5, 0.6) is 0 Å². The Balaban J connectivity index is 2.91. The van der Waals surface area contributed by atoms with Crippen molar-refractivity contribution in [1.29, 1.82) is 0 Å². The first-order chi connectivity index (χ1) is 9.40. The van der Waals surface area contributed by atoms with Gasteiger partial charge in [-0.15, -0.1) is 0 Å². The Hall–Kier alpha value is -2.50. The number of carbonyl (C=O) groups is 2. The van der Waals surface area contributed by atoms with E-state index in [1.54, 1.807) is 30.1 Å². The third kappa shape index (κ3) is 5.01. The van der Waals surface area contributed by atoms with Gasteiger partial charge in [-0.05, 0) is 6.07 Å². The number of allylic oxidation sites excluding steroid dienone is 1. The first-order valence-corrected chi connectivity index (χ1v) is 5.99. The molecule has 1 aromatic heterocycles. The Morgan fingerprint density at radius 1 is 1.10 bits per heavy atom. The summed E-state index contributed by atoms with van der Waals surface area (Å²) in [5.41, 5.74) is 0.640. The molecular formula is C14H18N4O2. The summed E-state index contributed by atoms with van der Waals surface area (Å²) >= 11 is 0. The van der Waals surface area contributed by atoms with Crippen LogP contribution in [0.2, 0.25) is 0 Å². The fourth-order valence-corrected chi connectivity index (χ4v) is 1.25. The third-order valence-corrected chi connectivity index (χ3v) is 2.20. The quantitative estimate of drug-likeness (QED) is 0.348. The van der Waals surface area contributed by atoms with Gasteiger partial charge in [0.2, 0.25) is 0 Å². The summed E-state index contributed by atoms with van der Waals surface area (Å²) in [6, 6.07) is 1.49. The van der Waals surface area contributed by atoms with E-state index in [4.69, 9.17) is 0 Å². The van der Waals surface area contributed by atoms with Crippen molar-refractivity contribution >= 4 is 18.0 Å². The summed E-state index contributed by atoms with van der Waals surface area (Å²) in [7, 11) is 7.16. The molecule has 0 saturated carbocycles. The van der Waals surface area contributed by atoms with Gasteiger partial charge in [-0.2, -0.15) is 4.99 Å². The lowest BCUT2D eigenvalue weighted by atomic mass is 10.1. The van der Waals surface area contributed by atoms with Crippen LogP contribution in [0, 0.1) is 0 Å². The Morgan fingerprint density at radius 3 is 2.35 bits per heavy atom. The molecule has 0 aliphatic rings. The second-order valence-corrected chi connectivity index (χ2v) is 4.62. The highest BCUT2D eigenvalue weighted by Gasteiger charge is 2.08. The van der Waals surface area contributed by atoms with Crippen LogP contribution in [0.3, 0.4) is 0 Å². The Bertz CT molecular complexity index is 503. The van der Waals surface area contributed by atoms with E-state index in [0.29, 0.717) is 5.56 Å². The van der Waals surface area contributed by atoms with Crippen LogP contribution in [0.1, 0.15) is 20.7 Å². The van der Waals surface area contributed by atoms with Crippen LogP contribution in [0.4, 0.5) is 0 Å². The van der Waals surface area contributed by atoms with E-state index in [9.17, 15) is 9.59 Å². The van der Waals surface area contributed by atoms with Gasteiger partial charge in [-0.1, -0.05) is 0 Å². The van der Waals surface area contributed by atoms with Crippen LogP contribution in [0.15, 0.2) is 35.7 Å². The van der Waals surface area contributed by atoms with E-state index in [-0.39, 0.29) is 11.3 Å². The molecule has 0 saturated heterocycles. The van der Waals surface area contributed by atoms with Gasteiger partial charge in [0.05, 0.1) is 11.9 Å². The first kappa shape index (κ1) is 15.6. The number of ketones is 1. The zero-order valence-corrected chi connectivity index (χ0v) is 12.1. The van der Waals surface area contributed by atoms with E-state index in [0.717, 1.165) is 0 Å². The molecule has 0 bridgehead atoms. The molecule has 0 aliphatic carbocycles. The van der Waals surface area contributed by atoms with Gasteiger partial charge in [-0.25, -0.2) is 0 Å². The second-order valence-electron chi connectivity index (χ2n) is 4.62. The number of amides is 1. The zero-order valence-electron chi connectivity index (χ0n) is 12.1. The monoisotopic (exact) mass is 274 g/mol. The molecule has 1 rings (SSSR count). The predicted molar refractivity (Wildman–Crippen MR) is 77.9 cm³/mol. The van der Waals surface area contributed by atoms with Crippen molar-refractivity contribution in [2.75, 3.05) is 28.2 Å². The number of rotatable bonds is 5. The minimum absolute atomic E-state index is 0.211. The second kappa shape index (κ2) is 7.18. The number of aliphatic imine (C=N–C) groups is 1. The average molecular weight is 274 g/mol. The molecule has 0 unspecified atom stereocenters. The van der Waals surface area contributed by atoms with E-state index < -0.39 is 5.91 Å². The molecule has 0 radical (unpaired) electrons. The standard InChI is InChI=1S/C14H18N4O2/c1-17(2)6-5-13(19)11-7-12(9-15-8-11)14(20)16-10-18(3)4/h5-10H,1-4H3/b6-5+,16-10+. The lowest BCUT2D eigenvalue weighted by Gasteiger charge is -2.04. The first-order valence-electron chi connectivity index (χ1n) is 5.99. The maximum atomic E-state index is 11.9. The van der Waals surface area contributed by atoms with Gasteiger partial charge >= 0.3 is 0 Å². The van der Waals surface area contributed by atoms with Gasteiger partial charge in [0.15, 0.2) is 5.78 Å². The van der Waals surface area contributed by atoms with Crippen molar-refractivity contribution in [1.82, 2.24) is 14.8 Å². The largest absolute Gasteiger partial charge is 0.383 e. The zero-order chi connectivity index (χ0) is 15.1. The molecule has 0 atom stereocenters. The molecule has 6 nitrogen and oxygen atoms in total. The van der Waals surface area contributed by atoms with Crippen LogP contribution in [-0.4, -0.2) is 61.0 Å². The molecule has 1 amide bonds. The number of carbonyl (C=O) groups excluding carboxylic acids is 2. The Labute approximate surface area is 118 Å². The van der Waals surface area contributed by atoms with Crippen molar-refractivity contribution in [3.8, 4) is 0 Å². The molecule has 0 fully saturated rings. The lowest BCUT2D eigenvalue weighted by Crippen LogP contribution is -2.10. The molecule has 1 aromatic rings. The maximum Gasteiger partial charge on any atom is 0.279 e. The lowest BCUT2D eigenvalue weighted by molar-refractivity contribution is 0.100. The van der Waals surface area contributed by atoms with Crippen molar-refractivity contribution in [2.24, 2.45) is 4.99 Å². The normalized spacial score (nSPS) is 11.0. The molecule has 1 heterocycles. The predicted octanol–water partition coefficient (Wildman–Crippen LogP) is 1.07. The van der Waals surface area contributed by atoms with E-state index in [2.05, 4.69) is 9.98 Å². The van der Waals surface area contributed by atoms with Crippen LogP contribution >= 0.6 is 0 Å². The van der Waals surface area contributed by atoms with E-state index in [1.807, 2.05) is 14.1 Å². The van der Waals surface area contributed by atoms with Crippen molar-refractivity contribution in [2.45, 2.75) is 0 Å².